The van der Waals surface area contributed by atoms with E-state index in [2.05, 4.69) is 42.4 Å². The minimum atomic E-state index is 0.0905. The van der Waals surface area contributed by atoms with Gasteiger partial charge in [-0.25, -0.2) is 4.31 Å². The molecule has 0 N–H and O–H groups in total. The van der Waals surface area contributed by atoms with Crippen molar-refractivity contribution in [3.8, 4) is 6.07 Å². The fraction of sp³-hybridized carbons (Fsp3) is 0.231. The van der Waals surface area contributed by atoms with Crippen molar-refractivity contribution in [3.05, 3.63) is 89.0 Å². The second kappa shape index (κ2) is 10.3. The van der Waals surface area contributed by atoms with Gasteiger partial charge in [-0.3, -0.25) is 4.79 Å². The molecule has 162 valence electrons. The zero-order valence-electron chi connectivity index (χ0n) is 18.2. The number of nitriles is 1. The number of aryl methyl sites for hydroxylation is 2. The average Bonchev–Trinajstić information content (AvgIpc) is 2.80. The molecule has 3 aromatic rings. The van der Waals surface area contributed by atoms with Crippen LogP contribution < -0.4 is 0 Å². The molecule has 1 heterocycles. The molecule has 4 rings (SSSR count). The molecule has 0 bridgehead atoms. The smallest absolute Gasteiger partial charge is 0.253 e. The zero-order chi connectivity index (χ0) is 22.5. The van der Waals surface area contributed by atoms with Gasteiger partial charge in [0.05, 0.1) is 11.6 Å². The molecule has 3 aromatic carbocycles. The summed E-state index contributed by atoms with van der Waals surface area (Å²) in [7, 11) is 0. The number of rotatable bonds is 5. The molecule has 0 spiro atoms. The van der Waals surface area contributed by atoms with Crippen LogP contribution in [0.1, 0.15) is 27.0 Å². The van der Waals surface area contributed by atoms with Gasteiger partial charge in [-0.1, -0.05) is 36.0 Å². The fourth-order valence-corrected chi connectivity index (χ4v) is 5.97. The Morgan fingerprint density at radius 1 is 0.875 bits per heavy atom. The molecule has 32 heavy (non-hydrogen) atoms. The number of piperazine rings is 1. The molecule has 1 fully saturated rings. The summed E-state index contributed by atoms with van der Waals surface area (Å²) in [6, 6.07) is 24.2. The Hall–Kier alpha value is -2.72. The van der Waals surface area contributed by atoms with Gasteiger partial charge >= 0.3 is 0 Å². The largest absolute Gasteiger partial charge is 0.336 e. The lowest BCUT2D eigenvalue weighted by atomic mass is 10.2. The molecular weight excluding hydrogens is 434 g/mol. The standard InChI is InChI=1S/C26H25N3OS2/c1-19-14-20(2)16-23(15-19)31-24-9-8-21(18-27)17-25(24)32-29-12-10-28(11-13-29)26(30)22-6-4-3-5-7-22/h3-9,14-17H,10-13H2,1-2H3. The number of hydrogen-bond donors (Lipinski definition) is 0. The first-order valence-electron chi connectivity index (χ1n) is 10.6. The minimum absolute atomic E-state index is 0.0905. The predicted octanol–water partition coefficient (Wildman–Crippen LogP) is 5.79. The van der Waals surface area contributed by atoms with Crippen LogP contribution in [0.25, 0.3) is 0 Å². The van der Waals surface area contributed by atoms with E-state index in [1.807, 2.05) is 53.4 Å². The second-order valence-electron chi connectivity index (χ2n) is 7.88. The van der Waals surface area contributed by atoms with Crippen molar-refractivity contribution >= 4 is 29.6 Å². The van der Waals surface area contributed by atoms with E-state index in [0.29, 0.717) is 18.7 Å². The highest BCUT2D eigenvalue weighted by atomic mass is 32.2. The lowest BCUT2D eigenvalue weighted by molar-refractivity contribution is 0.0704. The van der Waals surface area contributed by atoms with E-state index in [9.17, 15) is 10.1 Å². The first-order valence-corrected chi connectivity index (χ1v) is 12.2. The Kier molecular flexibility index (Phi) is 7.21. The molecule has 1 aliphatic heterocycles. The van der Waals surface area contributed by atoms with Gasteiger partial charge in [-0.2, -0.15) is 5.26 Å². The molecule has 0 radical (unpaired) electrons. The molecule has 0 aliphatic carbocycles. The van der Waals surface area contributed by atoms with Gasteiger partial charge in [0.15, 0.2) is 0 Å². The van der Waals surface area contributed by atoms with Crippen LogP contribution in [0.2, 0.25) is 0 Å². The first kappa shape index (κ1) is 22.5. The van der Waals surface area contributed by atoms with Crippen LogP contribution in [-0.2, 0) is 0 Å². The van der Waals surface area contributed by atoms with Gasteiger partial charge in [0.2, 0.25) is 0 Å². The van der Waals surface area contributed by atoms with Gasteiger partial charge in [0.25, 0.3) is 5.91 Å². The van der Waals surface area contributed by atoms with Crippen LogP contribution in [0.15, 0.2) is 81.4 Å². The fourth-order valence-electron chi connectivity index (χ4n) is 3.74. The molecule has 1 saturated heterocycles. The van der Waals surface area contributed by atoms with E-state index in [-0.39, 0.29) is 5.91 Å². The van der Waals surface area contributed by atoms with E-state index in [1.54, 1.807) is 23.7 Å². The number of carbonyl (C=O) groups excluding carboxylic acids is 1. The zero-order valence-corrected chi connectivity index (χ0v) is 19.9. The van der Waals surface area contributed by atoms with E-state index in [0.717, 1.165) is 28.4 Å². The molecule has 0 unspecified atom stereocenters. The molecule has 0 aromatic heterocycles. The highest BCUT2D eigenvalue weighted by Gasteiger charge is 2.23. The lowest BCUT2D eigenvalue weighted by Crippen LogP contribution is -2.46. The Morgan fingerprint density at radius 2 is 1.56 bits per heavy atom. The topological polar surface area (TPSA) is 47.3 Å². The highest BCUT2D eigenvalue weighted by molar-refractivity contribution is 8.01. The van der Waals surface area contributed by atoms with Crippen LogP contribution in [0.5, 0.6) is 0 Å². The predicted molar refractivity (Wildman–Crippen MR) is 131 cm³/mol. The third-order valence-electron chi connectivity index (χ3n) is 5.27. The van der Waals surface area contributed by atoms with E-state index < -0.39 is 0 Å². The van der Waals surface area contributed by atoms with Gasteiger partial charge in [-0.05, 0) is 79.4 Å². The van der Waals surface area contributed by atoms with Crippen molar-refractivity contribution in [1.82, 2.24) is 9.21 Å². The maximum absolute atomic E-state index is 12.7. The Labute approximate surface area is 198 Å². The summed E-state index contributed by atoms with van der Waals surface area (Å²) in [5.41, 5.74) is 3.89. The van der Waals surface area contributed by atoms with Crippen LogP contribution in [0.4, 0.5) is 0 Å². The first-order chi connectivity index (χ1) is 15.5. The number of amides is 1. The third-order valence-corrected chi connectivity index (χ3v) is 7.60. The number of carbonyl (C=O) groups is 1. The molecule has 1 aliphatic rings. The summed E-state index contributed by atoms with van der Waals surface area (Å²) in [6.45, 7) is 7.18. The summed E-state index contributed by atoms with van der Waals surface area (Å²) in [5, 5.41) is 9.40. The monoisotopic (exact) mass is 459 g/mol. The maximum atomic E-state index is 12.7. The third kappa shape index (κ3) is 5.55. The lowest BCUT2D eigenvalue weighted by Gasteiger charge is -2.34. The Bertz CT molecular complexity index is 1130. The maximum Gasteiger partial charge on any atom is 0.253 e. The quantitative estimate of drug-likeness (QED) is 0.452. The van der Waals surface area contributed by atoms with Gasteiger partial charge in [0.1, 0.15) is 0 Å². The summed E-state index contributed by atoms with van der Waals surface area (Å²) in [6.07, 6.45) is 0. The summed E-state index contributed by atoms with van der Waals surface area (Å²) < 4.78 is 2.29. The average molecular weight is 460 g/mol. The van der Waals surface area contributed by atoms with E-state index in [4.69, 9.17) is 0 Å². The second-order valence-corrected chi connectivity index (χ2v) is 10.1. The van der Waals surface area contributed by atoms with Crippen LogP contribution >= 0.6 is 23.7 Å². The highest BCUT2D eigenvalue weighted by Crippen LogP contribution is 2.38. The van der Waals surface area contributed by atoms with Gasteiger partial charge in [0, 0.05) is 46.4 Å². The SMILES string of the molecule is Cc1cc(C)cc(Sc2ccc(C#N)cc2SN2CCN(C(=O)c3ccccc3)CC2)c1. The summed E-state index contributed by atoms with van der Waals surface area (Å²) >= 11 is 3.41. The van der Waals surface area contributed by atoms with Crippen LogP contribution in [0, 0.1) is 25.2 Å². The van der Waals surface area contributed by atoms with E-state index >= 15 is 0 Å². The van der Waals surface area contributed by atoms with Crippen molar-refractivity contribution in [2.24, 2.45) is 0 Å². The van der Waals surface area contributed by atoms with Crippen molar-refractivity contribution in [1.29, 1.82) is 5.26 Å². The van der Waals surface area contributed by atoms with Gasteiger partial charge < -0.3 is 4.90 Å². The van der Waals surface area contributed by atoms with Gasteiger partial charge in [-0.15, -0.1) is 0 Å². The molecule has 0 saturated carbocycles. The Balaban J connectivity index is 1.46. The van der Waals surface area contributed by atoms with Crippen molar-refractivity contribution < 1.29 is 4.79 Å². The number of hydrogen-bond acceptors (Lipinski definition) is 5. The number of nitrogens with zero attached hydrogens (tertiary/aromatic N) is 3. The van der Waals surface area contributed by atoms with Crippen molar-refractivity contribution in [2.45, 2.75) is 28.5 Å². The molecule has 0 atom stereocenters. The summed E-state index contributed by atoms with van der Waals surface area (Å²) in [5.74, 6) is 0.0905. The van der Waals surface area contributed by atoms with Crippen LogP contribution in [-0.4, -0.2) is 41.3 Å². The van der Waals surface area contributed by atoms with Crippen molar-refractivity contribution in [3.63, 3.8) is 0 Å². The van der Waals surface area contributed by atoms with Crippen LogP contribution in [0.3, 0.4) is 0 Å². The Morgan fingerprint density at radius 3 is 2.22 bits per heavy atom. The van der Waals surface area contributed by atoms with Crippen molar-refractivity contribution in [2.75, 3.05) is 26.2 Å². The molecule has 4 nitrogen and oxygen atoms in total. The minimum Gasteiger partial charge on any atom is -0.336 e. The van der Waals surface area contributed by atoms with E-state index in [1.165, 1.54) is 16.0 Å². The molecule has 6 heteroatoms. The number of benzene rings is 3. The normalized spacial score (nSPS) is 14.2. The molecular formula is C26H25N3OS2. The molecule has 1 amide bonds. The summed E-state index contributed by atoms with van der Waals surface area (Å²) in [4.78, 5) is 18.1.